The monoisotopic (exact) mass is 351 g/mol. The molecule has 2 aromatic carbocycles. The summed E-state index contributed by atoms with van der Waals surface area (Å²) >= 11 is 0. The highest BCUT2D eigenvalue weighted by Gasteiger charge is 2.14. The van der Waals surface area contributed by atoms with Gasteiger partial charge >= 0.3 is 0 Å². The summed E-state index contributed by atoms with van der Waals surface area (Å²) in [6.45, 7) is 0.298. The normalized spacial score (nSPS) is 11.1. The van der Waals surface area contributed by atoms with E-state index in [0.717, 1.165) is 6.26 Å². The lowest BCUT2D eigenvalue weighted by atomic mass is 10.2. The van der Waals surface area contributed by atoms with Crippen molar-refractivity contribution in [3.05, 3.63) is 54.3 Å². The number of ether oxygens (including phenoxy) is 1. The summed E-state index contributed by atoms with van der Waals surface area (Å²) in [6, 6.07) is 11.9. The Bertz CT molecular complexity index is 804. The van der Waals surface area contributed by atoms with Crippen LogP contribution in [0.4, 0.5) is 10.1 Å². The molecule has 0 unspecified atom stereocenters. The van der Waals surface area contributed by atoms with E-state index in [9.17, 15) is 17.6 Å². The Balaban J connectivity index is 1.83. The molecule has 0 spiro atoms. The number of halogens is 1. The second-order valence-corrected chi connectivity index (χ2v) is 7.21. The zero-order valence-corrected chi connectivity index (χ0v) is 14.0. The molecule has 0 saturated heterocycles. The number of amides is 1. The summed E-state index contributed by atoms with van der Waals surface area (Å²) in [4.78, 5) is 12.0. The van der Waals surface area contributed by atoms with Crippen LogP contribution in [0.2, 0.25) is 0 Å². The van der Waals surface area contributed by atoms with E-state index < -0.39 is 9.84 Å². The topological polar surface area (TPSA) is 72.5 Å². The molecule has 5 nitrogen and oxygen atoms in total. The number of nitrogens with one attached hydrogen (secondary N) is 1. The lowest BCUT2D eigenvalue weighted by molar-refractivity contribution is -0.116. The number of hydrogen-bond acceptors (Lipinski definition) is 4. The third-order valence-electron chi connectivity index (χ3n) is 3.19. The molecule has 7 heteroatoms. The largest absolute Gasteiger partial charge is 0.494 e. The van der Waals surface area contributed by atoms with Crippen molar-refractivity contribution < 1.29 is 22.3 Å². The Morgan fingerprint density at radius 1 is 1.12 bits per heavy atom. The molecular formula is C17H18FNO4S. The highest BCUT2D eigenvalue weighted by Crippen LogP contribution is 2.20. The first-order valence-corrected chi connectivity index (χ1v) is 9.23. The van der Waals surface area contributed by atoms with E-state index in [1.54, 1.807) is 18.2 Å². The number of carbonyl (C=O) groups is 1. The summed E-state index contributed by atoms with van der Waals surface area (Å²) in [5.41, 5.74) is 0.268. The molecule has 0 radical (unpaired) electrons. The van der Waals surface area contributed by atoms with Gasteiger partial charge in [0.1, 0.15) is 11.6 Å². The van der Waals surface area contributed by atoms with E-state index in [2.05, 4.69) is 5.32 Å². The molecule has 0 aliphatic rings. The van der Waals surface area contributed by atoms with Crippen LogP contribution in [0.25, 0.3) is 0 Å². The Morgan fingerprint density at radius 2 is 1.79 bits per heavy atom. The van der Waals surface area contributed by atoms with Gasteiger partial charge in [-0.15, -0.1) is 0 Å². The van der Waals surface area contributed by atoms with Gasteiger partial charge in [0.2, 0.25) is 5.91 Å². The summed E-state index contributed by atoms with van der Waals surface area (Å²) < 4.78 is 41.5. The van der Waals surface area contributed by atoms with Gasteiger partial charge in [-0.3, -0.25) is 4.79 Å². The summed E-state index contributed by atoms with van der Waals surface area (Å²) in [5.74, 6) is -0.112. The van der Waals surface area contributed by atoms with Gasteiger partial charge in [-0.2, -0.15) is 0 Å². The zero-order chi connectivity index (χ0) is 17.6. The lowest BCUT2D eigenvalue weighted by Crippen LogP contribution is -2.15. The Labute approximate surface area is 140 Å². The van der Waals surface area contributed by atoms with Crippen LogP contribution in [-0.2, 0) is 14.6 Å². The molecule has 128 valence electrons. The van der Waals surface area contributed by atoms with Gasteiger partial charge in [-0.25, -0.2) is 12.8 Å². The zero-order valence-electron chi connectivity index (χ0n) is 13.2. The maximum Gasteiger partial charge on any atom is 0.224 e. The van der Waals surface area contributed by atoms with Crippen molar-refractivity contribution in [2.75, 3.05) is 18.2 Å². The minimum Gasteiger partial charge on any atom is -0.494 e. The standard InChI is InChI=1S/C17H18FNO4S/c1-24(21,22)16-6-3-2-5-15(16)19-17(20)7-4-12-23-14-10-8-13(18)9-11-14/h2-3,5-6,8-11H,4,7,12H2,1H3,(H,19,20). The van der Waals surface area contributed by atoms with E-state index in [1.807, 2.05) is 0 Å². The fraction of sp³-hybridized carbons (Fsp3) is 0.235. The predicted octanol–water partition coefficient (Wildman–Crippen LogP) is 3.03. The van der Waals surface area contributed by atoms with Crippen LogP contribution in [-0.4, -0.2) is 27.2 Å². The van der Waals surface area contributed by atoms with Crippen LogP contribution in [0, 0.1) is 5.82 Å². The molecule has 2 rings (SSSR count). The third kappa shape index (κ3) is 5.34. The minimum atomic E-state index is -3.41. The highest BCUT2D eigenvalue weighted by atomic mass is 32.2. The van der Waals surface area contributed by atoms with Crippen molar-refractivity contribution in [2.45, 2.75) is 17.7 Å². The van der Waals surface area contributed by atoms with Crippen molar-refractivity contribution in [3.8, 4) is 5.75 Å². The van der Waals surface area contributed by atoms with Crippen molar-refractivity contribution in [1.82, 2.24) is 0 Å². The number of hydrogen-bond donors (Lipinski definition) is 1. The van der Waals surface area contributed by atoms with Crippen molar-refractivity contribution in [1.29, 1.82) is 0 Å². The number of rotatable bonds is 7. The van der Waals surface area contributed by atoms with E-state index in [-0.39, 0.29) is 28.7 Å². The smallest absolute Gasteiger partial charge is 0.224 e. The predicted molar refractivity (Wildman–Crippen MR) is 89.3 cm³/mol. The van der Waals surface area contributed by atoms with Gasteiger partial charge < -0.3 is 10.1 Å². The van der Waals surface area contributed by atoms with Crippen molar-refractivity contribution in [2.24, 2.45) is 0 Å². The Hall–Kier alpha value is -2.41. The molecule has 0 aromatic heterocycles. The minimum absolute atomic E-state index is 0.0842. The first-order chi connectivity index (χ1) is 11.4. The third-order valence-corrected chi connectivity index (χ3v) is 4.35. The first kappa shape index (κ1) is 17.9. The Morgan fingerprint density at radius 3 is 2.46 bits per heavy atom. The number of para-hydroxylation sites is 1. The van der Waals surface area contributed by atoms with Crippen molar-refractivity contribution in [3.63, 3.8) is 0 Å². The molecule has 0 aliphatic carbocycles. The molecule has 0 saturated carbocycles. The first-order valence-electron chi connectivity index (χ1n) is 7.33. The van der Waals surface area contributed by atoms with Gasteiger partial charge in [0, 0.05) is 12.7 Å². The maximum absolute atomic E-state index is 12.8. The fourth-order valence-electron chi connectivity index (χ4n) is 2.06. The van der Waals surface area contributed by atoms with Gasteiger partial charge in [-0.05, 0) is 42.8 Å². The number of sulfone groups is 1. The summed E-state index contributed by atoms with van der Waals surface area (Å²) in [7, 11) is -3.41. The maximum atomic E-state index is 12.8. The molecule has 0 bridgehead atoms. The van der Waals surface area contributed by atoms with Crippen LogP contribution in [0.15, 0.2) is 53.4 Å². The highest BCUT2D eigenvalue weighted by molar-refractivity contribution is 7.90. The molecule has 1 amide bonds. The quantitative estimate of drug-likeness (QED) is 0.778. The molecule has 2 aromatic rings. The lowest BCUT2D eigenvalue weighted by Gasteiger charge is -2.10. The van der Waals surface area contributed by atoms with E-state index in [4.69, 9.17) is 4.74 Å². The van der Waals surface area contributed by atoms with Crippen LogP contribution in [0.1, 0.15) is 12.8 Å². The van der Waals surface area contributed by atoms with Gasteiger partial charge in [0.15, 0.2) is 9.84 Å². The van der Waals surface area contributed by atoms with Crippen LogP contribution >= 0.6 is 0 Å². The average molecular weight is 351 g/mol. The molecule has 0 aliphatic heterocycles. The van der Waals surface area contributed by atoms with Crippen LogP contribution in [0.5, 0.6) is 5.75 Å². The second-order valence-electron chi connectivity index (χ2n) is 5.22. The summed E-state index contributed by atoms with van der Waals surface area (Å²) in [5, 5.41) is 2.60. The van der Waals surface area contributed by atoms with E-state index >= 15 is 0 Å². The second kappa shape index (κ2) is 7.92. The fourth-order valence-corrected chi connectivity index (χ4v) is 2.90. The van der Waals surface area contributed by atoms with Crippen LogP contribution in [0.3, 0.4) is 0 Å². The molecular weight excluding hydrogens is 333 g/mol. The molecule has 1 N–H and O–H groups in total. The number of anilines is 1. The molecule has 0 fully saturated rings. The number of carbonyl (C=O) groups excluding carboxylic acids is 1. The van der Waals surface area contributed by atoms with Crippen LogP contribution < -0.4 is 10.1 Å². The molecule has 0 atom stereocenters. The van der Waals surface area contributed by atoms with Crippen molar-refractivity contribution >= 4 is 21.4 Å². The van der Waals surface area contributed by atoms with Gasteiger partial charge in [0.05, 0.1) is 17.2 Å². The van der Waals surface area contributed by atoms with E-state index in [1.165, 1.54) is 30.3 Å². The molecule has 24 heavy (non-hydrogen) atoms. The summed E-state index contributed by atoms with van der Waals surface area (Å²) in [6.07, 6.45) is 1.72. The van der Waals surface area contributed by atoms with Gasteiger partial charge in [0.25, 0.3) is 0 Å². The Kier molecular flexibility index (Phi) is 5.92. The number of benzene rings is 2. The average Bonchev–Trinajstić information content (AvgIpc) is 2.53. The molecule has 0 heterocycles. The van der Waals surface area contributed by atoms with Gasteiger partial charge in [-0.1, -0.05) is 12.1 Å². The van der Waals surface area contributed by atoms with E-state index in [0.29, 0.717) is 18.8 Å². The SMILES string of the molecule is CS(=O)(=O)c1ccccc1NC(=O)CCCOc1ccc(F)cc1.